The third kappa shape index (κ3) is 1.70. The van der Waals surface area contributed by atoms with Crippen molar-refractivity contribution in [1.29, 1.82) is 0 Å². The first-order chi connectivity index (χ1) is 8.78. The fraction of sp³-hybridized carbons (Fsp3) is 0.0667. The largest absolute Gasteiger partial charge is 0.453 e. The van der Waals surface area contributed by atoms with Gasteiger partial charge in [0.05, 0.1) is 5.52 Å². The van der Waals surface area contributed by atoms with E-state index in [0.29, 0.717) is 17.8 Å². The fourth-order valence-corrected chi connectivity index (χ4v) is 2.02. The van der Waals surface area contributed by atoms with E-state index in [9.17, 15) is 4.79 Å². The lowest BCUT2D eigenvalue weighted by atomic mass is 10.1. The topological polar surface area (TPSA) is 43.1 Å². The number of hydrogen-bond acceptors (Lipinski definition) is 3. The minimum absolute atomic E-state index is 0.335. The first-order valence-electron chi connectivity index (χ1n) is 5.69. The molecular formula is C15H11NO2. The zero-order chi connectivity index (χ0) is 12.5. The van der Waals surface area contributed by atoms with E-state index in [4.69, 9.17) is 4.42 Å². The van der Waals surface area contributed by atoms with Crippen molar-refractivity contribution < 1.29 is 9.21 Å². The Kier molecular flexibility index (Phi) is 2.45. The van der Waals surface area contributed by atoms with Gasteiger partial charge in [0.2, 0.25) is 0 Å². The third-order valence-corrected chi connectivity index (χ3v) is 2.99. The summed E-state index contributed by atoms with van der Waals surface area (Å²) in [5.41, 5.74) is 3.05. The lowest BCUT2D eigenvalue weighted by Gasteiger charge is -2.03. The van der Waals surface area contributed by atoms with Crippen molar-refractivity contribution in [1.82, 2.24) is 4.98 Å². The van der Waals surface area contributed by atoms with Crippen LogP contribution in [0.2, 0.25) is 0 Å². The van der Waals surface area contributed by atoms with Crippen molar-refractivity contribution in [3.63, 3.8) is 0 Å². The van der Waals surface area contributed by atoms with Gasteiger partial charge in [-0.05, 0) is 36.8 Å². The number of pyridine rings is 1. The first kappa shape index (κ1) is 10.7. The quantitative estimate of drug-likeness (QED) is 0.639. The van der Waals surface area contributed by atoms with Crippen molar-refractivity contribution in [2.45, 2.75) is 6.92 Å². The van der Waals surface area contributed by atoms with Gasteiger partial charge >= 0.3 is 0 Å². The molecule has 0 aliphatic carbocycles. The van der Waals surface area contributed by atoms with Crippen LogP contribution in [0.3, 0.4) is 0 Å². The average molecular weight is 237 g/mol. The molecule has 0 amide bonds. The second-order valence-electron chi connectivity index (χ2n) is 4.18. The van der Waals surface area contributed by atoms with Gasteiger partial charge in [-0.2, -0.15) is 0 Å². The van der Waals surface area contributed by atoms with E-state index in [1.165, 1.54) is 5.56 Å². The molecule has 0 saturated heterocycles. The molecule has 0 atom stereocenters. The molecule has 0 aliphatic heterocycles. The SMILES string of the molecule is Cc1ccnc2cc(-c3ccc(C=O)o3)ccc12. The summed E-state index contributed by atoms with van der Waals surface area (Å²) >= 11 is 0. The molecule has 0 aliphatic rings. The summed E-state index contributed by atoms with van der Waals surface area (Å²) < 4.78 is 5.40. The zero-order valence-electron chi connectivity index (χ0n) is 9.88. The highest BCUT2D eigenvalue weighted by molar-refractivity contribution is 5.86. The van der Waals surface area contributed by atoms with Crippen LogP contribution in [0.5, 0.6) is 0 Å². The Morgan fingerprint density at radius 1 is 1.17 bits per heavy atom. The second-order valence-corrected chi connectivity index (χ2v) is 4.18. The van der Waals surface area contributed by atoms with Gasteiger partial charge in [0.1, 0.15) is 5.76 Å². The van der Waals surface area contributed by atoms with E-state index in [-0.39, 0.29) is 0 Å². The molecule has 1 aromatic carbocycles. The summed E-state index contributed by atoms with van der Waals surface area (Å²) in [4.78, 5) is 14.9. The summed E-state index contributed by atoms with van der Waals surface area (Å²) in [6, 6.07) is 11.4. The lowest BCUT2D eigenvalue weighted by Crippen LogP contribution is -1.83. The van der Waals surface area contributed by atoms with Gasteiger partial charge in [0.15, 0.2) is 12.0 Å². The monoisotopic (exact) mass is 237 g/mol. The maximum Gasteiger partial charge on any atom is 0.185 e. The Labute approximate surface area is 104 Å². The minimum atomic E-state index is 0.335. The van der Waals surface area contributed by atoms with Crippen LogP contribution in [0, 0.1) is 6.92 Å². The molecule has 2 aromatic heterocycles. The van der Waals surface area contributed by atoms with Crippen LogP contribution in [0.25, 0.3) is 22.2 Å². The minimum Gasteiger partial charge on any atom is -0.453 e. The molecule has 0 unspecified atom stereocenters. The molecule has 0 N–H and O–H groups in total. The Morgan fingerprint density at radius 3 is 2.83 bits per heavy atom. The number of aldehydes is 1. The van der Waals surface area contributed by atoms with E-state index < -0.39 is 0 Å². The second kappa shape index (κ2) is 4.11. The molecule has 0 fully saturated rings. The van der Waals surface area contributed by atoms with Crippen LogP contribution in [0.1, 0.15) is 16.1 Å². The van der Waals surface area contributed by atoms with Crippen LogP contribution in [0.4, 0.5) is 0 Å². The van der Waals surface area contributed by atoms with Gasteiger partial charge in [-0.3, -0.25) is 9.78 Å². The van der Waals surface area contributed by atoms with Gasteiger partial charge in [0.25, 0.3) is 0 Å². The van der Waals surface area contributed by atoms with Crippen molar-refractivity contribution >= 4 is 17.2 Å². The normalized spacial score (nSPS) is 10.7. The maximum atomic E-state index is 10.6. The maximum absolute atomic E-state index is 10.6. The number of carbonyl (C=O) groups is 1. The van der Waals surface area contributed by atoms with Crippen molar-refractivity contribution in [3.05, 3.63) is 53.9 Å². The molecule has 18 heavy (non-hydrogen) atoms. The predicted octanol–water partition coefficient (Wildman–Crippen LogP) is 3.62. The summed E-state index contributed by atoms with van der Waals surface area (Å²) in [5.74, 6) is 1.02. The van der Waals surface area contributed by atoms with Crippen LogP contribution in [0.15, 0.2) is 47.0 Å². The zero-order valence-corrected chi connectivity index (χ0v) is 9.88. The van der Waals surface area contributed by atoms with E-state index in [1.807, 2.05) is 24.3 Å². The number of aryl methyl sites for hydroxylation is 1. The fourth-order valence-electron chi connectivity index (χ4n) is 2.02. The average Bonchev–Trinajstić information content (AvgIpc) is 2.87. The Hall–Kier alpha value is -2.42. The molecule has 3 rings (SSSR count). The van der Waals surface area contributed by atoms with Crippen LogP contribution >= 0.6 is 0 Å². The molecular weight excluding hydrogens is 226 g/mol. The van der Waals surface area contributed by atoms with Gasteiger partial charge in [0, 0.05) is 17.1 Å². The van der Waals surface area contributed by atoms with Gasteiger partial charge in [-0.1, -0.05) is 12.1 Å². The first-order valence-corrected chi connectivity index (χ1v) is 5.69. The molecule has 3 nitrogen and oxygen atoms in total. The summed E-state index contributed by atoms with van der Waals surface area (Å²) in [5, 5.41) is 1.13. The number of benzene rings is 1. The van der Waals surface area contributed by atoms with Gasteiger partial charge < -0.3 is 4.42 Å². The van der Waals surface area contributed by atoms with Crippen LogP contribution in [-0.4, -0.2) is 11.3 Å². The summed E-state index contributed by atoms with van der Waals surface area (Å²) in [6.45, 7) is 2.06. The van der Waals surface area contributed by atoms with Gasteiger partial charge in [-0.25, -0.2) is 0 Å². The van der Waals surface area contributed by atoms with Crippen LogP contribution < -0.4 is 0 Å². The molecule has 0 radical (unpaired) electrons. The van der Waals surface area contributed by atoms with E-state index >= 15 is 0 Å². The number of rotatable bonds is 2. The Balaban J connectivity index is 2.16. The molecule has 0 bridgehead atoms. The molecule has 0 spiro atoms. The molecule has 2 heterocycles. The van der Waals surface area contributed by atoms with E-state index in [0.717, 1.165) is 16.5 Å². The molecule has 3 heteroatoms. The summed E-state index contributed by atoms with van der Waals surface area (Å²) in [6.07, 6.45) is 2.49. The standard InChI is InChI=1S/C15H11NO2/c1-10-6-7-16-14-8-11(2-4-13(10)14)15-5-3-12(9-17)18-15/h2-9H,1H3. The van der Waals surface area contributed by atoms with Crippen molar-refractivity contribution in [3.8, 4) is 11.3 Å². The lowest BCUT2D eigenvalue weighted by molar-refractivity contribution is 0.110. The third-order valence-electron chi connectivity index (χ3n) is 2.99. The molecule has 0 saturated carbocycles. The van der Waals surface area contributed by atoms with E-state index in [2.05, 4.69) is 11.9 Å². The van der Waals surface area contributed by atoms with Gasteiger partial charge in [-0.15, -0.1) is 0 Å². The van der Waals surface area contributed by atoms with Crippen molar-refractivity contribution in [2.75, 3.05) is 0 Å². The number of hydrogen-bond donors (Lipinski definition) is 0. The van der Waals surface area contributed by atoms with Crippen LogP contribution in [-0.2, 0) is 0 Å². The Bertz CT molecular complexity index is 728. The highest BCUT2D eigenvalue weighted by Crippen LogP contribution is 2.26. The van der Waals surface area contributed by atoms with Crippen molar-refractivity contribution in [2.24, 2.45) is 0 Å². The van der Waals surface area contributed by atoms with E-state index in [1.54, 1.807) is 18.3 Å². The smallest absolute Gasteiger partial charge is 0.185 e. The number of aromatic nitrogens is 1. The number of nitrogens with zero attached hydrogens (tertiary/aromatic N) is 1. The molecule has 88 valence electrons. The summed E-state index contributed by atoms with van der Waals surface area (Å²) in [7, 11) is 0. The number of fused-ring (bicyclic) bond motifs is 1. The number of furan rings is 1. The highest BCUT2D eigenvalue weighted by Gasteiger charge is 2.06. The number of carbonyl (C=O) groups excluding carboxylic acids is 1. The molecule has 3 aromatic rings. The Morgan fingerprint density at radius 2 is 2.06 bits per heavy atom. The highest BCUT2D eigenvalue weighted by atomic mass is 16.3. The predicted molar refractivity (Wildman–Crippen MR) is 69.6 cm³/mol.